The fourth-order valence-corrected chi connectivity index (χ4v) is 2.53. The van der Waals surface area contributed by atoms with Crippen LogP contribution in [0.15, 0.2) is 0 Å². The highest BCUT2D eigenvalue weighted by Crippen LogP contribution is 2.27. The molecule has 1 unspecified atom stereocenters. The topological polar surface area (TPSA) is 66.0 Å². The Hall–Kier alpha value is -0.940. The van der Waals surface area contributed by atoms with Gasteiger partial charge in [0.1, 0.15) is 5.82 Å². The Balaban J connectivity index is 1.85. The molecule has 5 nitrogen and oxygen atoms in total. The average molecular weight is 222 g/mol. The van der Waals surface area contributed by atoms with Crippen LogP contribution in [0, 0.1) is 0 Å². The van der Waals surface area contributed by atoms with Crippen LogP contribution in [0.3, 0.4) is 0 Å². The molecule has 1 atom stereocenters. The summed E-state index contributed by atoms with van der Waals surface area (Å²) in [5.74, 6) is 2.43. The smallest absolute Gasteiger partial charge is 0.154 e. The molecule has 0 saturated carbocycles. The van der Waals surface area contributed by atoms with E-state index in [1.807, 2.05) is 4.68 Å². The Kier molecular flexibility index (Phi) is 2.65. The second kappa shape index (κ2) is 4.14. The molecule has 1 aromatic rings. The van der Waals surface area contributed by atoms with E-state index in [4.69, 9.17) is 10.5 Å². The first-order chi connectivity index (χ1) is 7.84. The van der Waals surface area contributed by atoms with Crippen molar-refractivity contribution in [2.75, 3.05) is 13.2 Å². The lowest BCUT2D eigenvalue weighted by molar-refractivity contribution is 0.0835. The summed E-state index contributed by atoms with van der Waals surface area (Å²) in [5.41, 5.74) is 6.04. The predicted molar refractivity (Wildman–Crippen MR) is 59.0 cm³/mol. The van der Waals surface area contributed by atoms with Crippen LogP contribution in [0.25, 0.3) is 0 Å². The van der Waals surface area contributed by atoms with Crippen LogP contribution in [-0.2, 0) is 11.3 Å². The molecule has 16 heavy (non-hydrogen) atoms. The molecule has 1 aromatic heterocycles. The summed E-state index contributed by atoms with van der Waals surface area (Å²) in [7, 11) is 0. The minimum atomic E-state index is 0.0786. The molecule has 5 heteroatoms. The van der Waals surface area contributed by atoms with E-state index in [2.05, 4.69) is 10.1 Å². The first-order valence-electron chi connectivity index (χ1n) is 6.12. The fraction of sp³-hybridized carbons (Fsp3) is 0.818. The molecule has 88 valence electrons. The lowest BCUT2D eigenvalue weighted by Gasteiger charge is -2.18. The molecule has 0 bridgehead atoms. The van der Waals surface area contributed by atoms with E-state index < -0.39 is 0 Å². The molecular weight excluding hydrogens is 204 g/mol. The third kappa shape index (κ3) is 1.74. The monoisotopic (exact) mass is 222 g/mol. The van der Waals surface area contributed by atoms with Crippen LogP contribution >= 0.6 is 0 Å². The third-order valence-corrected chi connectivity index (χ3v) is 3.52. The summed E-state index contributed by atoms with van der Waals surface area (Å²) in [4.78, 5) is 4.63. The minimum Gasteiger partial charge on any atom is -0.381 e. The first kappa shape index (κ1) is 10.2. The molecule has 0 radical (unpaired) electrons. The quantitative estimate of drug-likeness (QED) is 0.768. The Morgan fingerprint density at radius 1 is 1.25 bits per heavy atom. The summed E-state index contributed by atoms with van der Waals surface area (Å²) in [6.45, 7) is 2.64. The van der Waals surface area contributed by atoms with Gasteiger partial charge in [0.15, 0.2) is 5.82 Å². The molecule has 2 aliphatic rings. The molecule has 0 amide bonds. The summed E-state index contributed by atoms with van der Waals surface area (Å²) in [6, 6.07) is 0.0786. The maximum absolute atomic E-state index is 6.04. The third-order valence-electron chi connectivity index (χ3n) is 3.52. The number of hydrogen-bond donors (Lipinski definition) is 1. The molecule has 1 fully saturated rings. The van der Waals surface area contributed by atoms with Crippen molar-refractivity contribution in [3.63, 3.8) is 0 Å². The first-order valence-corrected chi connectivity index (χ1v) is 6.12. The summed E-state index contributed by atoms with van der Waals surface area (Å²) >= 11 is 0. The van der Waals surface area contributed by atoms with E-state index in [-0.39, 0.29) is 6.04 Å². The number of aromatic nitrogens is 3. The predicted octanol–water partition coefficient (Wildman–Crippen LogP) is 0.966. The van der Waals surface area contributed by atoms with Crippen LogP contribution in [0.1, 0.15) is 49.3 Å². The highest BCUT2D eigenvalue weighted by Gasteiger charge is 2.25. The van der Waals surface area contributed by atoms with Gasteiger partial charge in [0.05, 0.1) is 6.04 Å². The molecule has 2 aliphatic heterocycles. The Morgan fingerprint density at radius 3 is 2.81 bits per heavy atom. The maximum Gasteiger partial charge on any atom is 0.154 e. The Bertz CT molecular complexity index is 370. The van der Waals surface area contributed by atoms with Crippen molar-refractivity contribution in [1.82, 2.24) is 14.8 Å². The van der Waals surface area contributed by atoms with Crippen molar-refractivity contribution in [3.05, 3.63) is 11.6 Å². The standard InChI is InChI=1S/C11H18N4O/c12-9-2-1-5-15-11(9)13-10(14-15)8-3-6-16-7-4-8/h8-9H,1-7,12H2. The van der Waals surface area contributed by atoms with Crippen molar-refractivity contribution < 1.29 is 4.74 Å². The van der Waals surface area contributed by atoms with Crippen molar-refractivity contribution >= 4 is 0 Å². The SMILES string of the molecule is NC1CCCn2nc(C3CCOCC3)nc21. The van der Waals surface area contributed by atoms with Gasteiger partial charge in [-0.2, -0.15) is 5.10 Å². The summed E-state index contributed by atoms with van der Waals surface area (Å²) in [6.07, 6.45) is 4.23. The molecule has 0 aliphatic carbocycles. The minimum absolute atomic E-state index is 0.0786. The average Bonchev–Trinajstić information content (AvgIpc) is 2.76. The van der Waals surface area contributed by atoms with E-state index in [1.165, 1.54) is 0 Å². The van der Waals surface area contributed by atoms with Crippen molar-refractivity contribution in [1.29, 1.82) is 0 Å². The largest absolute Gasteiger partial charge is 0.381 e. The molecule has 2 N–H and O–H groups in total. The van der Waals surface area contributed by atoms with Crippen LogP contribution < -0.4 is 5.73 Å². The van der Waals surface area contributed by atoms with Gasteiger partial charge < -0.3 is 10.5 Å². The van der Waals surface area contributed by atoms with Gasteiger partial charge in [-0.3, -0.25) is 0 Å². The zero-order valence-corrected chi connectivity index (χ0v) is 9.43. The van der Waals surface area contributed by atoms with E-state index in [9.17, 15) is 0 Å². The lowest BCUT2D eigenvalue weighted by atomic mass is 10.00. The van der Waals surface area contributed by atoms with E-state index >= 15 is 0 Å². The summed E-state index contributed by atoms with van der Waals surface area (Å²) < 4.78 is 7.36. The summed E-state index contributed by atoms with van der Waals surface area (Å²) in [5, 5.41) is 4.59. The van der Waals surface area contributed by atoms with Gasteiger partial charge in [-0.15, -0.1) is 0 Å². The fourth-order valence-electron chi connectivity index (χ4n) is 2.53. The van der Waals surface area contributed by atoms with Crippen LogP contribution in [0.2, 0.25) is 0 Å². The van der Waals surface area contributed by atoms with Gasteiger partial charge >= 0.3 is 0 Å². The van der Waals surface area contributed by atoms with Gasteiger partial charge in [-0.05, 0) is 25.7 Å². The van der Waals surface area contributed by atoms with Crippen molar-refractivity contribution in [2.24, 2.45) is 5.73 Å². The molecule has 1 saturated heterocycles. The number of aryl methyl sites for hydroxylation is 1. The van der Waals surface area contributed by atoms with Gasteiger partial charge in [-0.25, -0.2) is 9.67 Å². The van der Waals surface area contributed by atoms with E-state index in [1.54, 1.807) is 0 Å². The van der Waals surface area contributed by atoms with Crippen LogP contribution in [0.4, 0.5) is 0 Å². The Labute approximate surface area is 95.0 Å². The zero-order valence-electron chi connectivity index (χ0n) is 9.43. The highest BCUT2D eigenvalue weighted by atomic mass is 16.5. The molecule has 0 aromatic carbocycles. The number of nitrogens with zero attached hydrogens (tertiary/aromatic N) is 3. The normalized spacial score (nSPS) is 26.7. The van der Waals surface area contributed by atoms with Crippen LogP contribution in [0.5, 0.6) is 0 Å². The second-order valence-electron chi connectivity index (χ2n) is 4.69. The number of rotatable bonds is 1. The molecule has 3 heterocycles. The molecule has 0 spiro atoms. The molecular formula is C11H18N4O. The van der Waals surface area contributed by atoms with Crippen molar-refractivity contribution in [3.8, 4) is 0 Å². The number of hydrogen-bond acceptors (Lipinski definition) is 4. The van der Waals surface area contributed by atoms with Gasteiger partial charge in [0, 0.05) is 25.7 Å². The van der Waals surface area contributed by atoms with Crippen LogP contribution in [-0.4, -0.2) is 28.0 Å². The second-order valence-corrected chi connectivity index (χ2v) is 4.69. The maximum atomic E-state index is 6.04. The lowest BCUT2D eigenvalue weighted by Crippen LogP contribution is -2.22. The van der Waals surface area contributed by atoms with E-state index in [0.717, 1.165) is 57.1 Å². The number of nitrogens with two attached hydrogens (primary N) is 1. The number of fused-ring (bicyclic) bond motifs is 1. The van der Waals surface area contributed by atoms with Gasteiger partial charge in [-0.1, -0.05) is 0 Å². The highest BCUT2D eigenvalue weighted by molar-refractivity contribution is 5.05. The zero-order chi connectivity index (χ0) is 11.0. The van der Waals surface area contributed by atoms with Crippen molar-refractivity contribution in [2.45, 2.75) is 44.2 Å². The molecule has 3 rings (SSSR count). The Morgan fingerprint density at radius 2 is 2.06 bits per heavy atom. The number of ether oxygens (including phenoxy) is 1. The van der Waals surface area contributed by atoms with Gasteiger partial charge in [0.25, 0.3) is 0 Å². The van der Waals surface area contributed by atoms with Gasteiger partial charge in [0.2, 0.25) is 0 Å². The van der Waals surface area contributed by atoms with E-state index in [0.29, 0.717) is 5.92 Å².